The zero-order valence-electron chi connectivity index (χ0n) is 17.5. The summed E-state index contributed by atoms with van der Waals surface area (Å²) in [7, 11) is 0. The summed E-state index contributed by atoms with van der Waals surface area (Å²) < 4.78 is 0. The van der Waals surface area contributed by atoms with Gasteiger partial charge in [0.2, 0.25) is 23.6 Å². The van der Waals surface area contributed by atoms with Crippen molar-refractivity contribution in [3.8, 4) is 0 Å². The third-order valence-corrected chi connectivity index (χ3v) is 5.12. The maximum atomic E-state index is 12.9. The predicted molar refractivity (Wildman–Crippen MR) is 123 cm³/mol. The fourth-order valence-electron chi connectivity index (χ4n) is 3.11. The average molecular weight is 464 g/mol. The Bertz CT molecular complexity index is 846. The highest BCUT2D eigenvalue weighted by atomic mass is 32.1. The molecule has 1 heterocycles. The summed E-state index contributed by atoms with van der Waals surface area (Å²) in [5.74, 6) is -2.19. The largest absolute Gasteiger partial charge is 0.370 e. The number of nitrogens with zero attached hydrogens (tertiary/aromatic N) is 1. The van der Waals surface area contributed by atoms with Gasteiger partial charge in [-0.15, -0.1) is 0 Å². The minimum Gasteiger partial charge on any atom is -0.370 e. The highest BCUT2D eigenvalue weighted by Crippen LogP contribution is 2.06. The molecule has 0 bridgehead atoms. The van der Waals surface area contributed by atoms with Crippen LogP contribution in [0.2, 0.25) is 0 Å². The van der Waals surface area contributed by atoms with Gasteiger partial charge in [0.15, 0.2) is 5.96 Å². The Balaban J connectivity index is 2.15. The molecule has 32 heavy (non-hydrogen) atoms. The number of nitrogens with one attached hydrogen (secondary N) is 4. The number of thiol groups is 1. The normalized spacial score (nSPS) is 22.3. The van der Waals surface area contributed by atoms with E-state index in [0.29, 0.717) is 6.42 Å². The molecule has 4 amide bonds. The van der Waals surface area contributed by atoms with Gasteiger partial charge in [0.05, 0.1) is 6.54 Å². The van der Waals surface area contributed by atoms with Gasteiger partial charge in [0.1, 0.15) is 18.1 Å². The van der Waals surface area contributed by atoms with Gasteiger partial charge in [0.25, 0.3) is 0 Å². The number of hydrogen-bond donors (Lipinski definition) is 7. The summed E-state index contributed by atoms with van der Waals surface area (Å²) in [6.07, 6.45) is 0.875. The summed E-state index contributed by atoms with van der Waals surface area (Å²) in [6, 6.07) is 6.29. The quantitative estimate of drug-likeness (QED) is 0.104. The predicted octanol–water partition coefficient (Wildman–Crippen LogP) is -2.20. The molecule has 1 aliphatic rings. The van der Waals surface area contributed by atoms with E-state index in [9.17, 15) is 19.2 Å². The fourth-order valence-corrected chi connectivity index (χ4v) is 3.36. The summed E-state index contributed by atoms with van der Waals surface area (Å²) in [5.41, 5.74) is 11.4. The zero-order chi connectivity index (χ0) is 23.5. The smallest absolute Gasteiger partial charge is 0.244 e. The van der Waals surface area contributed by atoms with Crippen LogP contribution >= 0.6 is 12.6 Å². The number of amides is 4. The van der Waals surface area contributed by atoms with E-state index in [4.69, 9.17) is 11.5 Å². The lowest BCUT2D eigenvalue weighted by Crippen LogP contribution is -2.60. The van der Waals surface area contributed by atoms with Crippen LogP contribution in [-0.4, -0.2) is 66.6 Å². The molecule has 0 aromatic heterocycles. The van der Waals surface area contributed by atoms with Gasteiger partial charge >= 0.3 is 0 Å². The average Bonchev–Trinajstić information content (AvgIpc) is 2.77. The van der Waals surface area contributed by atoms with Gasteiger partial charge in [-0.05, 0) is 18.4 Å². The van der Waals surface area contributed by atoms with Crippen molar-refractivity contribution in [3.05, 3.63) is 35.9 Å². The molecule has 3 atom stereocenters. The first-order valence-electron chi connectivity index (χ1n) is 10.2. The summed E-state index contributed by atoms with van der Waals surface area (Å²) >= 11 is 4.15. The molecular weight excluding hydrogens is 434 g/mol. The standard InChI is InChI=1S/C20H29N7O4S/c21-20(22)23-8-4-7-13-17(29)24-10-16(28)25-14(9-12-5-2-1-3-6-12)18(30)27-15(11-32)19(31)26-13/h1-3,5-6,13-15,32H,4,7-11H2,(H,24,29)(H,25,28)(H,26,31)(H,27,30)(H4,21,22,23)/t13-,14+,15-/m0/s1. The number of guanidine groups is 1. The van der Waals surface area contributed by atoms with Crippen molar-refractivity contribution >= 4 is 42.2 Å². The van der Waals surface area contributed by atoms with E-state index in [0.717, 1.165) is 5.56 Å². The lowest BCUT2D eigenvalue weighted by molar-refractivity contribution is -0.135. The number of carbonyl (C=O) groups is 4. The Labute approximate surface area is 191 Å². The second-order valence-electron chi connectivity index (χ2n) is 7.28. The van der Waals surface area contributed by atoms with Crippen LogP contribution < -0.4 is 32.7 Å². The SMILES string of the molecule is NC(N)=NCCC[C@@H]1NC(=O)[C@H](CS)NC(=O)[C@@H](Cc2ccccc2)NC(=O)CNC1=O. The summed E-state index contributed by atoms with van der Waals surface area (Å²) in [5, 5.41) is 10.4. The van der Waals surface area contributed by atoms with Crippen LogP contribution in [0, 0.1) is 0 Å². The molecule has 8 N–H and O–H groups in total. The maximum Gasteiger partial charge on any atom is 0.244 e. The van der Waals surface area contributed by atoms with Gasteiger partial charge < -0.3 is 32.7 Å². The molecule has 12 heteroatoms. The molecule has 2 rings (SSSR count). The number of nitrogens with two attached hydrogens (primary N) is 2. The Kier molecular flexibility index (Phi) is 9.79. The van der Waals surface area contributed by atoms with Crippen LogP contribution in [0.5, 0.6) is 0 Å². The number of rotatable bonds is 7. The Morgan fingerprint density at radius 1 is 0.938 bits per heavy atom. The highest BCUT2D eigenvalue weighted by molar-refractivity contribution is 7.80. The maximum absolute atomic E-state index is 12.9. The van der Waals surface area contributed by atoms with Crippen LogP contribution in [-0.2, 0) is 25.6 Å². The second kappa shape index (κ2) is 12.5. The molecule has 11 nitrogen and oxygen atoms in total. The number of benzene rings is 1. The molecule has 1 aromatic rings. The van der Waals surface area contributed by atoms with Crippen LogP contribution in [0.3, 0.4) is 0 Å². The lowest BCUT2D eigenvalue weighted by atomic mass is 10.0. The van der Waals surface area contributed by atoms with Crippen molar-refractivity contribution in [2.24, 2.45) is 16.5 Å². The molecule has 1 fully saturated rings. The van der Waals surface area contributed by atoms with E-state index in [-0.39, 0.29) is 37.6 Å². The molecule has 0 unspecified atom stereocenters. The van der Waals surface area contributed by atoms with Crippen molar-refractivity contribution < 1.29 is 19.2 Å². The highest BCUT2D eigenvalue weighted by Gasteiger charge is 2.30. The monoisotopic (exact) mass is 463 g/mol. The lowest BCUT2D eigenvalue weighted by Gasteiger charge is -2.26. The van der Waals surface area contributed by atoms with Gasteiger partial charge in [-0.25, -0.2) is 0 Å². The molecule has 0 saturated carbocycles. The van der Waals surface area contributed by atoms with E-state index in [1.165, 1.54) is 0 Å². The van der Waals surface area contributed by atoms with E-state index in [2.05, 4.69) is 38.9 Å². The van der Waals surface area contributed by atoms with Gasteiger partial charge in [-0.2, -0.15) is 12.6 Å². The molecule has 1 aromatic carbocycles. The van der Waals surface area contributed by atoms with Crippen molar-refractivity contribution in [2.45, 2.75) is 37.4 Å². The van der Waals surface area contributed by atoms with E-state index in [1.807, 2.05) is 30.3 Å². The minimum absolute atomic E-state index is 0.00587. The van der Waals surface area contributed by atoms with Gasteiger partial charge in [0, 0.05) is 18.7 Å². The first-order valence-corrected chi connectivity index (χ1v) is 10.8. The molecule has 1 saturated heterocycles. The van der Waals surface area contributed by atoms with Gasteiger partial charge in [-0.3, -0.25) is 24.2 Å². The number of aliphatic imine (C=N–C) groups is 1. The molecular formula is C20H29N7O4S. The Morgan fingerprint density at radius 3 is 2.25 bits per heavy atom. The van der Waals surface area contributed by atoms with Crippen molar-refractivity contribution in [1.29, 1.82) is 0 Å². The Morgan fingerprint density at radius 2 is 1.59 bits per heavy atom. The Hall–Kier alpha value is -3.28. The van der Waals surface area contributed by atoms with Crippen LogP contribution in [0.1, 0.15) is 18.4 Å². The summed E-state index contributed by atoms with van der Waals surface area (Å²) in [6.45, 7) is -0.0654. The first-order chi connectivity index (χ1) is 15.3. The van der Waals surface area contributed by atoms with E-state index in [1.54, 1.807) is 0 Å². The first kappa shape index (κ1) is 25.0. The summed E-state index contributed by atoms with van der Waals surface area (Å²) in [4.78, 5) is 54.4. The third kappa shape index (κ3) is 8.10. The number of hydrogen-bond acceptors (Lipinski definition) is 6. The van der Waals surface area contributed by atoms with Crippen LogP contribution in [0.4, 0.5) is 0 Å². The number of carbonyl (C=O) groups excluding carboxylic acids is 4. The van der Waals surface area contributed by atoms with Crippen LogP contribution in [0.25, 0.3) is 0 Å². The van der Waals surface area contributed by atoms with Crippen molar-refractivity contribution in [3.63, 3.8) is 0 Å². The second-order valence-corrected chi connectivity index (χ2v) is 7.65. The molecule has 0 spiro atoms. The van der Waals surface area contributed by atoms with E-state index < -0.39 is 41.8 Å². The van der Waals surface area contributed by atoms with Crippen molar-refractivity contribution in [2.75, 3.05) is 18.8 Å². The molecule has 0 aliphatic carbocycles. The molecule has 1 aliphatic heterocycles. The topological polar surface area (TPSA) is 181 Å². The van der Waals surface area contributed by atoms with E-state index >= 15 is 0 Å². The fraction of sp³-hybridized carbons (Fsp3) is 0.450. The molecule has 174 valence electrons. The third-order valence-electron chi connectivity index (χ3n) is 4.75. The van der Waals surface area contributed by atoms with Crippen molar-refractivity contribution in [1.82, 2.24) is 21.3 Å². The van der Waals surface area contributed by atoms with Gasteiger partial charge in [-0.1, -0.05) is 30.3 Å². The van der Waals surface area contributed by atoms with Crippen LogP contribution in [0.15, 0.2) is 35.3 Å². The zero-order valence-corrected chi connectivity index (χ0v) is 18.4. The molecule has 0 radical (unpaired) electrons. The minimum atomic E-state index is -0.992.